The van der Waals surface area contributed by atoms with Gasteiger partial charge in [0.05, 0.1) is 31.1 Å². The average Bonchev–Trinajstić information content (AvgIpc) is 3.18. The Kier molecular flexibility index (Phi) is 9.10. The first-order valence-corrected chi connectivity index (χ1v) is 9.73. The molecule has 3 rings (SSSR count). The Balaban J connectivity index is 0.000000501. The number of rotatable bonds is 9. The molecular weight excluding hydrogens is 400 g/mol. The van der Waals surface area contributed by atoms with Crippen molar-refractivity contribution in [1.82, 2.24) is 9.55 Å². The number of fused-ring (bicyclic) bond motifs is 1. The number of ether oxygens (including phenoxy) is 2. The highest BCUT2D eigenvalue weighted by Gasteiger charge is 2.06. The lowest BCUT2D eigenvalue weighted by molar-refractivity contribution is -0.159. The van der Waals surface area contributed by atoms with Crippen molar-refractivity contribution < 1.29 is 29.3 Å². The first-order chi connectivity index (χ1) is 15.0. The fraction of sp³-hybridized carbons (Fsp3) is 0.261. The van der Waals surface area contributed by atoms with Gasteiger partial charge in [-0.2, -0.15) is 0 Å². The van der Waals surface area contributed by atoms with Gasteiger partial charge in [-0.1, -0.05) is 24.3 Å². The van der Waals surface area contributed by atoms with Gasteiger partial charge in [-0.3, -0.25) is 0 Å². The molecule has 0 aliphatic heterocycles. The third-order valence-corrected chi connectivity index (χ3v) is 4.37. The molecule has 0 bridgehead atoms. The fourth-order valence-electron chi connectivity index (χ4n) is 2.88. The first-order valence-electron chi connectivity index (χ1n) is 9.73. The molecule has 8 nitrogen and oxygen atoms in total. The summed E-state index contributed by atoms with van der Waals surface area (Å²) in [5, 5.41) is 14.8. The molecule has 1 aromatic heterocycles. The molecule has 0 spiro atoms. The van der Waals surface area contributed by atoms with Crippen LogP contribution < -0.4 is 9.47 Å². The van der Waals surface area contributed by atoms with Gasteiger partial charge < -0.3 is 24.3 Å². The summed E-state index contributed by atoms with van der Waals surface area (Å²) in [5.74, 6) is -2.08. The minimum atomic E-state index is -1.82. The highest BCUT2D eigenvalue weighted by atomic mass is 16.5. The number of aliphatic carboxylic acids is 2. The lowest BCUT2D eigenvalue weighted by Gasteiger charge is -2.12. The predicted molar refractivity (Wildman–Crippen MR) is 117 cm³/mol. The van der Waals surface area contributed by atoms with E-state index in [4.69, 9.17) is 29.3 Å². The number of carboxylic acid groups (broad SMARTS) is 2. The van der Waals surface area contributed by atoms with E-state index >= 15 is 0 Å². The molecule has 0 saturated heterocycles. The van der Waals surface area contributed by atoms with Crippen LogP contribution in [-0.2, 0) is 22.6 Å². The van der Waals surface area contributed by atoms with Gasteiger partial charge in [-0.15, -0.1) is 6.58 Å². The van der Waals surface area contributed by atoms with Crippen molar-refractivity contribution in [2.75, 3.05) is 13.7 Å². The second-order valence-electron chi connectivity index (χ2n) is 6.57. The van der Waals surface area contributed by atoms with Crippen LogP contribution in [0.3, 0.4) is 0 Å². The van der Waals surface area contributed by atoms with E-state index < -0.39 is 11.9 Å². The Morgan fingerprint density at radius 3 is 2.52 bits per heavy atom. The molecule has 0 radical (unpaired) electrons. The summed E-state index contributed by atoms with van der Waals surface area (Å²) in [5.41, 5.74) is 3.40. The van der Waals surface area contributed by atoms with E-state index in [0.717, 1.165) is 42.8 Å². The fourth-order valence-corrected chi connectivity index (χ4v) is 2.88. The minimum Gasteiger partial charge on any atom is -0.493 e. The summed E-state index contributed by atoms with van der Waals surface area (Å²) in [7, 11) is 1.67. The van der Waals surface area contributed by atoms with Crippen LogP contribution in [0.25, 0.3) is 11.0 Å². The van der Waals surface area contributed by atoms with Crippen molar-refractivity contribution in [3.63, 3.8) is 0 Å². The second-order valence-corrected chi connectivity index (χ2v) is 6.57. The van der Waals surface area contributed by atoms with Crippen molar-refractivity contribution >= 4 is 23.0 Å². The number of aryl methyl sites for hydroxylation is 1. The molecule has 1 heterocycles. The van der Waals surface area contributed by atoms with Crippen LogP contribution in [0, 0.1) is 0 Å². The summed E-state index contributed by atoms with van der Waals surface area (Å²) in [6, 6.07) is 14.2. The predicted octanol–water partition coefficient (Wildman–Crippen LogP) is 3.79. The maximum Gasteiger partial charge on any atom is 0.414 e. The summed E-state index contributed by atoms with van der Waals surface area (Å²) in [6.07, 6.45) is 6.64. The maximum absolute atomic E-state index is 9.10. The molecule has 3 aromatic rings. The smallest absolute Gasteiger partial charge is 0.414 e. The van der Waals surface area contributed by atoms with E-state index in [2.05, 4.69) is 28.3 Å². The molecule has 0 unspecified atom stereocenters. The Morgan fingerprint density at radius 2 is 1.84 bits per heavy atom. The normalized spacial score (nSPS) is 10.1. The Labute approximate surface area is 180 Å². The number of para-hydroxylation sites is 2. The van der Waals surface area contributed by atoms with E-state index in [9.17, 15) is 0 Å². The van der Waals surface area contributed by atoms with Crippen molar-refractivity contribution in [2.45, 2.75) is 25.8 Å². The number of carbonyl (C=O) groups is 2. The van der Waals surface area contributed by atoms with Crippen LogP contribution in [0.4, 0.5) is 0 Å². The second kappa shape index (κ2) is 12.0. The number of benzene rings is 2. The SMILES string of the molecule is C=CCc1ccc(OCCCCn2cnc3ccccc32)c(OC)c1.O=C(O)C(=O)O. The van der Waals surface area contributed by atoms with Gasteiger partial charge in [0, 0.05) is 6.54 Å². The number of allylic oxidation sites excluding steroid dienone is 1. The van der Waals surface area contributed by atoms with Crippen LogP contribution in [-0.4, -0.2) is 45.4 Å². The van der Waals surface area contributed by atoms with Gasteiger partial charge in [-0.25, -0.2) is 14.6 Å². The van der Waals surface area contributed by atoms with E-state index in [1.807, 2.05) is 42.7 Å². The molecule has 0 fully saturated rings. The molecule has 0 aliphatic carbocycles. The third kappa shape index (κ3) is 7.18. The zero-order valence-electron chi connectivity index (χ0n) is 17.4. The van der Waals surface area contributed by atoms with Crippen molar-refractivity contribution in [3.8, 4) is 11.5 Å². The van der Waals surface area contributed by atoms with E-state index in [1.165, 1.54) is 11.1 Å². The molecule has 0 amide bonds. The maximum atomic E-state index is 9.10. The van der Waals surface area contributed by atoms with Crippen molar-refractivity contribution in [1.29, 1.82) is 0 Å². The zero-order chi connectivity index (χ0) is 22.6. The lowest BCUT2D eigenvalue weighted by atomic mass is 10.1. The molecule has 0 saturated carbocycles. The molecule has 164 valence electrons. The highest BCUT2D eigenvalue weighted by Crippen LogP contribution is 2.28. The lowest BCUT2D eigenvalue weighted by Crippen LogP contribution is -2.09. The van der Waals surface area contributed by atoms with Crippen LogP contribution in [0.15, 0.2) is 61.4 Å². The number of unbranched alkanes of at least 4 members (excludes halogenated alkanes) is 1. The third-order valence-electron chi connectivity index (χ3n) is 4.37. The molecule has 0 atom stereocenters. The minimum absolute atomic E-state index is 0.670. The van der Waals surface area contributed by atoms with Crippen LogP contribution in [0.1, 0.15) is 18.4 Å². The van der Waals surface area contributed by atoms with Crippen LogP contribution in [0.5, 0.6) is 11.5 Å². The molecule has 2 aromatic carbocycles. The number of nitrogens with zero attached hydrogens (tertiary/aromatic N) is 2. The van der Waals surface area contributed by atoms with Crippen LogP contribution in [0.2, 0.25) is 0 Å². The van der Waals surface area contributed by atoms with Gasteiger partial charge in [-0.05, 0) is 49.1 Å². The molecular formula is C23H26N2O6. The number of methoxy groups -OCH3 is 1. The topological polar surface area (TPSA) is 111 Å². The Hall–Kier alpha value is -3.81. The molecule has 8 heteroatoms. The molecule has 31 heavy (non-hydrogen) atoms. The summed E-state index contributed by atoms with van der Waals surface area (Å²) in [6.45, 7) is 5.38. The first kappa shape index (κ1) is 23.5. The number of imidazole rings is 1. The molecule has 0 aliphatic rings. The largest absolute Gasteiger partial charge is 0.493 e. The van der Waals surface area contributed by atoms with E-state index in [-0.39, 0.29) is 0 Å². The van der Waals surface area contributed by atoms with Crippen molar-refractivity contribution in [3.05, 3.63) is 67.0 Å². The standard InChI is InChI=1S/C21H24N2O2.C2H2O4/c1-3-8-17-11-12-20(21(15-17)24-2)25-14-7-6-13-23-16-22-18-9-4-5-10-19(18)23;3-1(4)2(5)6/h3-5,9-12,15-16H,1,6-8,13-14H2,2H3;(H,3,4)(H,5,6). The van der Waals surface area contributed by atoms with Gasteiger partial charge in [0.1, 0.15) is 0 Å². The quantitative estimate of drug-likeness (QED) is 0.304. The number of hydrogen-bond acceptors (Lipinski definition) is 5. The van der Waals surface area contributed by atoms with Gasteiger partial charge in [0.25, 0.3) is 0 Å². The van der Waals surface area contributed by atoms with Gasteiger partial charge in [0.2, 0.25) is 0 Å². The highest BCUT2D eigenvalue weighted by molar-refractivity contribution is 6.27. The monoisotopic (exact) mass is 426 g/mol. The average molecular weight is 426 g/mol. The number of carboxylic acids is 2. The van der Waals surface area contributed by atoms with Gasteiger partial charge in [0.15, 0.2) is 11.5 Å². The summed E-state index contributed by atoms with van der Waals surface area (Å²) < 4.78 is 13.5. The number of aromatic nitrogens is 2. The van der Waals surface area contributed by atoms with Crippen molar-refractivity contribution in [2.24, 2.45) is 0 Å². The zero-order valence-corrected chi connectivity index (χ0v) is 17.4. The van der Waals surface area contributed by atoms with Crippen LogP contribution >= 0.6 is 0 Å². The summed E-state index contributed by atoms with van der Waals surface area (Å²) in [4.78, 5) is 22.6. The number of hydrogen-bond donors (Lipinski definition) is 2. The van der Waals surface area contributed by atoms with Gasteiger partial charge >= 0.3 is 11.9 Å². The Bertz CT molecular complexity index is 1020. The van der Waals surface area contributed by atoms with E-state index in [1.54, 1.807) is 7.11 Å². The Morgan fingerprint density at radius 1 is 1.10 bits per heavy atom. The summed E-state index contributed by atoms with van der Waals surface area (Å²) >= 11 is 0. The molecule has 2 N–H and O–H groups in total. The van der Waals surface area contributed by atoms with E-state index in [0.29, 0.717) is 6.61 Å².